The van der Waals surface area contributed by atoms with Gasteiger partial charge in [0.2, 0.25) is 0 Å². The van der Waals surface area contributed by atoms with Crippen LogP contribution in [0.3, 0.4) is 0 Å². The standard InChI is InChI=1S/C16H25N3O/c1-3-4-9-18(10-6-11-20)12-15-13-19-14(2)7-5-8-16(19)17-15/h5,7-8,13,20H,3-4,6,9-12H2,1-2H3. The Hall–Kier alpha value is -1.39. The molecule has 0 aliphatic heterocycles. The van der Waals surface area contributed by atoms with E-state index in [9.17, 15) is 0 Å². The van der Waals surface area contributed by atoms with Crippen molar-refractivity contribution in [2.75, 3.05) is 19.7 Å². The summed E-state index contributed by atoms with van der Waals surface area (Å²) in [4.78, 5) is 7.07. The number of aliphatic hydroxyl groups excluding tert-OH is 1. The molecule has 110 valence electrons. The van der Waals surface area contributed by atoms with Gasteiger partial charge >= 0.3 is 0 Å². The van der Waals surface area contributed by atoms with Gasteiger partial charge in [-0.3, -0.25) is 4.90 Å². The summed E-state index contributed by atoms with van der Waals surface area (Å²) in [5, 5.41) is 9.01. The molecule has 4 heteroatoms. The van der Waals surface area contributed by atoms with Crippen LogP contribution < -0.4 is 0 Å². The molecule has 0 amide bonds. The van der Waals surface area contributed by atoms with E-state index >= 15 is 0 Å². The molecule has 2 aromatic rings. The van der Waals surface area contributed by atoms with Crippen molar-refractivity contribution in [3.05, 3.63) is 35.8 Å². The van der Waals surface area contributed by atoms with Crippen LogP contribution in [0.5, 0.6) is 0 Å². The van der Waals surface area contributed by atoms with Gasteiger partial charge in [0.25, 0.3) is 0 Å². The largest absolute Gasteiger partial charge is 0.396 e. The van der Waals surface area contributed by atoms with Gasteiger partial charge in [0, 0.05) is 31.6 Å². The summed E-state index contributed by atoms with van der Waals surface area (Å²) in [6.07, 6.45) is 5.34. The van der Waals surface area contributed by atoms with Crippen LogP contribution in [0.25, 0.3) is 5.65 Å². The number of aliphatic hydroxyl groups is 1. The van der Waals surface area contributed by atoms with E-state index in [1.165, 1.54) is 18.5 Å². The molecule has 0 atom stereocenters. The predicted molar refractivity (Wildman–Crippen MR) is 81.8 cm³/mol. The molecule has 0 spiro atoms. The Kier molecular flexibility index (Phi) is 5.56. The Morgan fingerprint density at radius 1 is 1.25 bits per heavy atom. The molecule has 2 aromatic heterocycles. The van der Waals surface area contributed by atoms with Gasteiger partial charge in [-0.15, -0.1) is 0 Å². The van der Waals surface area contributed by atoms with Crippen LogP contribution in [0.2, 0.25) is 0 Å². The Balaban J connectivity index is 2.08. The van der Waals surface area contributed by atoms with Gasteiger partial charge in [0.1, 0.15) is 5.65 Å². The molecule has 0 unspecified atom stereocenters. The van der Waals surface area contributed by atoms with Crippen molar-refractivity contribution in [1.29, 1.82) is 0 Å². The summed E-state index contributed by atoms with van der Waals surface area (Å²) in [6, 6.07) is 6.18. The van der Waals surface area contributed by atoms with Crippen LogP contribution in [0, 0.1) is 6.92 Å². The molecule has 2 heterocycles. The lowest BCUT2D eigenvalue weighted by Gasteiger charge is -2.20. The zero-order chi connectivity index (χ0) is 14.4. The highest BCUT2D eigenvalue weighted by molar-refractivity contribution is 5.41. The quantitative estimate of drug-likeness (QED) is 0.805. The van der Waals surface area contributed by atoms with Crippen molar-refractivity contribution < 1.29 is 5.11 Å². The molecule has 0 fully saturated rings. The molecule has 1 N–H and O–H groups in total. The Morgan fingerprint density at radius 3 is 2.75 bits per heavy atom. The highest BCUT2D eigenvalue weighted by Gasteiger charge is 2.09. The highest BCUT2D eigenvalue weighted by atomic mass is 16.3. The summed E-state index contributed by atoms with van der Waals surface area (Å²) in [5.41, 5.74) is 3.32. The Bertz CT molecular complexity index is 528. The maximum Gasteiger partial charge on any atom is 0.137 e. The first-order chi connectivity index (χ1) is 9.74. The second kappa shape index (κ2) is 7.41. The Labute approximate surface area is 121 Å². The maximum atomic E-state index is 9.01. The van der Waals surface area contributed by atoms with E-state index in [1.54, 1.807) is 0 Å². The summed E-state index contributed by atoms with van der Waals surface area (Å²) in [6.45, 7) is 7.43. The van der Waals surface area contributed by atoms with Crippen molar-refractivity contribution in [2.24, 2.45) is 0 Å². The zero-order valence-corrected chi connectivity index (χ0v) is 12.5. The summed E-state index contributed by atoms with van der Waals surface area (Å²) >= 11 is 0. The Morgan fingerprint density at radius 2 is 2.05 bits per heavy atom. The number of imidazole rings is 1. The van der Waals surface area contributed by atoms with Gasteiger partial charge in [0.15, 0.2) is 0 Å². The third-order valence-corrected chi connectivity index (χ3v) is 3.59. The summed E-state index contributed by atoms with van der Waals surface area (Å²) in [7, 11) is 0. The molecule has 0 radical (unpaired) electrons. The lowest BCUT2D eigenvalue weighted by molar-refractivity contribution is 0.215. The second-order valence-electron chi connectivity index (χ2n) is 5.33. The third-order valence-electron chi connectivity index (χ3n) is 3.59. The number of hydrogen-bond acceptors (Lipinski definition) is 3. The zero-order valence-electron chi connectivity index (χ0n) is 12.5. The fourth-order valence-electron chi connectivity index (χ4n) is 2.45. The molecule has 20 heavy (non-hydrogen) atoms. The number of hydrogen-bond donors (Lipinski definition) is 1. The van der Waals surface area contributed by atoms with Crippen LogP contribution in [-0.2, 0) is 6.54 Å². The van der Waals surface area contributed by atoms with Crippen LogP contribution in [0.4, 0.5) is 0 Å². The first-order valence-electron chi connectivity index (χ1n) is 7.51. The first kappa shape index (κ1) is 15.0. The topological polar surface area (TPSA) is 40.8 Å². The van der Waals surface area contributed by atoms with Gasteiger partial charge in [-0.1, -0.05) is 19.4 Å². The van der Waals surface area contributed by atoms with Crippen LogP contribution >= 0.6 is 0 Å². The number of fused-ring (bicyclic) bond motifs is 1. The van der Waals surface area contributed by atoms with Crippen molar-refractivity contribution in [3.63, 3.8) is 0 Å². The molecule has 0 aliphatic rings. The highest BCUT2D eigenvalue weighted by Crippen LogP contribution is 2.11. The van der Waals surface area contributed by atoms with Crippen molar-refractivity contribution in [1.82, 2.24) is 14.3 Å². The molecule has 2 rings (SSSR count). The van der Waals surface area contributed by atoms with Gasteiger partial charge in [-0.2, -0.15) is 0 Å². The van der Waals surface area contributed by atoms with E-state index in [0.717, 1.165) is 37.4 Å². The van der Waals surface area contributed by atoms with E-state index in [2.05, 4.69) is 40.4 Å². The van der Waals surface area contributed by atoms with E-state index < -0.39 is 0 Å². The molecule has 0 aromatic carbocycles. The monoisotopic (exact) mass is 275 g/mol. The number of aryl methyl sites for hydroxylation is 1. The van der Waals surface area contributed by atoms with E-state index in [-0.39, 0.29) is 6.61 Å². The first-order valence-corrected chi connectivity index (χ1v) is 7.51. The number of rotatable bonds is 8. The van der Waals surface area contributed by atoms with Gasteiger partial charge in [-0.05, 0) is 38.4 Å². The van der Waals surface area contributed by atoms with Crippen molar-refractivity contribution in [3.8, 4) is 0 Å². The van der Waals surface area contributed by atoms with E-state index in [1.807, 2.05) is 12.1 Å². The number of aromatic nitrogens is 2. The third kappa shape index (κ3) is 3.81. The molecule has 4 nitrogen and oxygen atoms in total. The minimum Gasteiger partial charge on any atom is -0.396 e. The predicted octanol–water partition coefficient (Wildman–Crippen LogP) is 2.63. The average molecular weight is 275 g/mol. The normalized spacial score (nSPS) is 11.6. The molecule has 0 saturated heterocycles. The van der Waals surface area contributed by atoms with Crippen LogP contribution in [-0.4, -0.2) is 39.1 Å². The summed E-state index contributed by atoms with van der Waals surface area (Å²) < 4.78 is 2.14. The summed E-state index contributed by atoms with van der Waals surface area (Å²) in [5.74, 6) is 0. The lowest BCUT2D eigenvalue weighted by atomic mass is 10.3. The smallest absolute Gasteiger partial charge is 0.137 e. The van der Waals surface area contributed by atoms with Crippen molar-refractivity contribution >= 4 is 5.65 Å². The maximum absolute atomic E-state index is 9.01. The van der Waals surface area contributed by atoms with Crippen LogP contribution in [0.15, 0.2) is 24.4 Å². The lowest BCUT2D eigenvalue weighted by Crippen LogP contribution is -2.26. The average Bonchev–Trinajstić information content (AvgIpc) is 2.86. The van der Waals surface area contributed by atoms with Crippen molar-refractivity contribution in [2.45, 2.75) is 39.7 Å². The molecule has 0 bridgehead atoms. The fraction of sp³-hybridized carbons (Fsp3) is 0.562. The number of unbranched alkanes of at least 4 members (excludes halogenated alkanes) is 1. The van der Waals surface area contributed by atoms with E-state index in [0.29, 0.717) is 0 Å². The van der Waals surface area contributed by atoms with E-state index in [4.69, 9.17) is 5.11 Å². The molecular formula is C16H25N3O. The second-order valence-corrected chi connectivity index (χ2v) is 5.33. The van der Waals surface area contributed by atoms with Gasteiger partial charge in [-0.25, -0.2) is 4.98 Å². The molecule has 0 saturated carbocycles. The van der Waals surface area contributed by atoms with Crippen LogP contribution in [0.1, 0.15) is 37.6 Å². The van der Waals surface area contributed by atoms with Gasteiger partial charge < -0.3 is 9.51 Å². The van der Waals surface area contributed by atoms with Gasteiger partial charge in [0.05, 0.1) is 5.69 Å². The number of nitrogens with zero attached hydrogens (tertiary/aromatic N) is 3. The molecule has 0 aliphatic carbocycles. The SMILES string of the molecule is CCCCN(CCCO)Cc1cn2c(C)cccc2n1. The molecular weight excluding hydrogens is 250 g/mol. The minimum atomic E-state index is 0.257. The fourth-order valence-corrected chi connectivity index (χ4v) is 2.45. The number of pyridine rings is 1. The minimum absolute atomic E-state index is 0.257.